The van der Waals surface area contributed by atoms with Crippen LogP contribution in [0.25, 0.3) is 0 Å². The van der Waals surface area contributed by atoms with Crippen LogP contribution in [0, 0.1) is 5.82 Å². The number of ether oxygens (including phenoxy) is 2. The number of halogens is 1. The van der Waals surface area contributed by atoms with Crippen molar-refractivity contribution in [1.82, 2.24) is 15.0 Å². The highest BCUT2D eigenvalue weighted by Crippen LogP contribution is 2.33. The van der Waals surface area contributed by atoms with Gasteiger partial charge in [-0.15, -0.1) is 0 Å². The van der Waals surface area contributed by atoms with Gasteiger partial charge in [-0.1, -0.05) is 0 Å². The molecule has 2 aliphatic heterocycles. The van der Waals surface area contributed by atoms with Crippen LogP contribution in [0.3, 0.4) is 0 Å². The van der Waals surface area contributed by atoms with Crippen molar-refractivity contribution in [2.24, 2.45) is 0 Å². The Morgan fingerprint density at radius 3 is 2.50 bits per heavy atom. The fourth-order valence-electron chi connectivity index (χ4n) is 4.18. The number of anilines is 6. The van der Waals surface area contributed by atoms with E-state index in [-0.39, 0.29) is 35.7 Å². The third kappa shape index (κ3) is 5.01. The second-order valence-electron chi connectivity index (χ2n) is 9.46. The standard InChI is InChI=1S/C25H28FN7O3/c1-14-12-33(13-15(2)35-14)17-7-5-16(6-8-17)28-24-27-11-18(26)21(32-24)29-20-10-9-19-22(30-20)31-23(34)25(3,4)36-19/h5-11,14-15H,12-13H2,1-4H3,(H3,27,28,29,30,31,32,34). The minimum Gasteiger partial charge on any atom is -0.474 e. The molecule has 1 aromatic carbocycles. The van der Waals surface area contributed by atoms with Gasteiger partial charge in [0.2, 0.25) is 5.95 Å². The smallest absolute Gasteiger partial charge is 0.269 e. The van der Waals surface area contributed by atoms with Crippen LogP contribution in [-0.2, 0) is 9.53 Å². The maximum atomic E-state index is 14.5. The maximum absolute atomic E-state index is 14.5. The number of hydrogen-bond donors (Lipinski definition) is 3. The molecule has 0 spiro atoms. The first-order valence-electron chi connectivity index (χ1n) is 11.7. The van der Waals surface area contributed by atoms with Gasteiger partial charge in [-0.25, -0.2) is 14.4 Å². The third-order valence-corrected chi connectivity index (χ3v) is 5.90. The first-order valence-corrected chi connectivity index (χ1v) is 11.7. The first-order chi connectivity index (χ1) is 17.2. The number of rotatable bonds is 5. The molecule has 4 heterocycles. The van der Waals surface area contributed by atoms with Gasteiger partial charge in [-0.2, -0.15) is 4.98 Å². The number of carbonyl (C=O) groups is 1. The lowest BCUT2D eigenvalue weighted by Crippen LogP contribution is -2.46. The molecule has 11 heteroatoms. The van der Waals surface area contributed by atoms with Crippen LogP contribution in [0.1, 0.15) is 27.7 Å². The van der Waals surface area contributed by atoms with Crippen LogP contribution in [0.5, 0.6) is 5.75 Å². The van der Waals surface area contributed by atoms with Crippen LogP contribution >= 0.6 is 0 Å². The number of aromatic nitrogens is 3. The highest BCUT2D eigenvalue weighted by Gasteiger charge is 2.36. The number of morpholine rings is 1. The largest absolute Gasteiger partial charge is 0.474 e. The van der Waals surface area contributed by atoms with E-state index in [9.17, 15) is 9.18 Å². The van der Waals surface area contributed by atoms with Gasteiger partial charge in [-0.3, -0.25) is 4.79 Å². The maximum Gasteiger partial charge on any atom is 0.269 e. The van der Waals surface area contributed by atoms with E-state index in [2.05, 4.69) is 49.6 Å². The van der Waals surface area contributed by atoms with Crippen molar-refractivity contribution in [2.45, 2.75) is 45.5 Å². The lowest BCUT2D eigenvalue weighted by Gasteiger charge is -2.36. The number of nitrogens with one attached hydrogen (secondary N) is 3. The van der Waals surface area contributed by atoms with E-state index < -0.39 is 11.4 Å². The van der Waals surface area contributed by atoms with Gasteiger partial charge >= 0.3 is 0 Å². The zero-order chi connectivity index (χ0) is 25.4. The van der Waals surface area contributed by atoms with Gasteiger partial charge in [0.05, 0.1) is 18.4 Å². The average molecular weight is 494 g/mol. The van der Waals surface area contributed by atoms with E-state index in [1.165, 1.54) is 0 Å². The summed E-state index contributed by atoms with van der Waals surface area (Å²) in [4.78, 5) is 27.1. The molecule has 2 unspecified atom stereocenters. The number of amides is 1. The van der Waals surface area contributed by atoms with Crippen LogP contribution in [-0.4, -0.2) is 51.8 Å². The van der Waals surface area contributed by atoms with Crippen molar-refractivity contribution in [3.8, 4) is 5.75 Å². The van der Waals surface area contributed by atoms with Crippen LogP contribution < -0.4 is 25.6 Å². The monoisotopic (exact) mass is 493 g/mol. The van der Waals surface area contributed by atoms with E-state index in [0.29, 0.717) is 11.6 Å². The van der Waals surface area contributed by atoms with Gasteiger partial charge < -0.3 is 30.3 Å². The summed E-state index contributed by atoms with van der Waals surface area (Å²) in [6, 6.07) is 11.2. The molecular formula is C25H28FN7O3. The molecule has 0 aliphatic carbocycles. The van der Waals surface area contributed by atoms with E-state index >= 15 is 0 Å². The SMILES string of the molecule is CC1CN(c2ccc(Nc3ncc(F)c(Nc4ccc5c(n4)NC(=O)C(C)(C)O5)n3)cc2)CC(C)O1. The summed E-state index contributed by atoms with van der Waals surface area (Å²) in [5, 5.41) is 8.65. The van der Waals surface area contributed by atoms with E-state index in [1.54, 1.807) is 26.0 Å². The molecule has 3 aromatic rings. The van der Waals surface area contributed by atoms with Crippen LogP contribution in [0.15, 0.2) is 42.6 Å². The Labute approximate surface area is 208 Å². The lowest BCUT2D eigenvalue weighted by atomic mass is 10.1. The highest BCUT2D eigenvalue weighted by molar-refractivity contribution is 5.99. The Hall–Kier alpha value is -3.99. The molecular weight excluding hydrogens is 465 g/mol. The number of carbonyl (C=O) groups excluding carboxylic acids is 1. The molecule has 2 aromatic heterocycles. The molecule has 10 nitrogen and oxygen atoms in total. The van der Waals surface area contributed by atoms with E-state index in [0.717, 1.165) is 30.7 Å². The summed E-state index contributed by atoms with van der Waals surface area (Å²) in [5.41, 5.74) is 0.864. The predicted molar refractivity (Wildman–Crippen MR) is 135 cm³/mol. The van der Waals surface area contributed by atoms with Crippen molar-refractivity contribution in [3.05, 3.63) is 48.4 Å². The molecule has 0 saturated carbocycles. The molecule has 2 aliphatic rings. The van der Waals surface area contributed by atoms with Gasteiger partial charge in [0, 0.05) is 24.5 Å². The molecule has 0 bridgehead atoms. The second kappa shape index (κ2) is 9.23. The fraction of sp³-hybridized carbons (Fsp3) is 0.360. The quantitative estimate of drug-likeness (QED) is 0.481. The molecule has 1 fully saturated rings. The molecule has 1 amide bonds. The molecule has 5 rings (SSSR count). The zero-order valence-electron chi connectivity index (χ0n) is 20.5. The fourth-order valence-corrected chi connectivity index (χ4v) is 4.18. The first kappa shape index (κ1) is 23.7. The summed E-state index contributed by atoms with van der Waals surface area (Å²) >= 11 is 0. The van der Waals surface area contributed by atoms with Crippen LogP contribution in [0.4, 0.5) is 39.2 Å². The molecule has 0 radical (unpaired) electrons. The molecule has 188 valence electrons. The Balaban J connectivity index is 1.29. The van der Waals surface area contributed by atoms with Gasteiger partial charge in [0.1, 0.15) is 5.82 Å². The minimum absolute atomic E-state index is 0.0590. The average Bonchev–Trinajstić information content (AvgIpc) is 2.82. The zero-order valence-corrected chi connectivity index (χ0v) is 20.5. The van der Waals surface area contributed by atoms with Crippen molar-refractivity contribution in [1.29, 1.82) is 0 Å². The predicted octanol–water partition coefficient (Wildman–Crippen LogP) is 4.22. The molecule has 36 heavy (non-hydrogen) atoms. The second-order valence-corrected chi connectivity index (χ2v) is 9.46. The number of pyridine rings is 1. The van der Waals surface area contributed by atoms with Crippen molar-refractivity contribution >= 4 is 40.7 Å². The van der Waals surface area contributed by atoms with Crippen molar-refractivity contribution in [3.63, 3.8) is 0 Å². The van der Waals surface area contributed by atoms with E-state index in [4.69, 9.17) is 9.47 Å². The normalized spacial score (nSPS) is 20.7. The Morgan fingerprint density at radius 2 is 1.78 bits per heavy atom. The topological polar surface area (TPSA) is 114 Å². The Morgan fingerprint density at radius 1 is 1.06 bits per heavy atom. The minimum atomic E-state index is -1.000. The van der Waals surface area contributed by atoms with Crippen LogP contribution in [0.2, 0.25) is 0 Å². The molecule has 2 atom stereocenters. The van der Waals surface area contributed by atoms with Gasteiger partial charge in [0.25, 0.3) is 5.91 Å². The van der Waals surface area contributed by atoms with Crippen molar-refractivity contribution in [2.75, 3.05) is 33.9 Å². The Kier molecular flexibility index (Phi) is 6.09. The Bertz CT molecular complexity index is 1280. The number of nitrogens with zero attached hydrogens (tertiary/aromatic N) is 4. The summed E-state index contributed by atoms with van der Waals surface area (Å²) < 4.78 is 26.0. The molecule has 3 N–H and O–H groups in total. The lowest BCUT2D eigenvalue weighted by molar-refractivity contribution is -0.129. The number of hydrogen-bond acceptors (Lipinski definition) is 9. The van der Waals surface area contributed by atoms with Gasteiger partial charge in [0.15, 0.2) is 28.8 Å². The van der Waals surface area contributed by atoms with E-state index in [1.807, 2.05) is 24.3 Å². The van der Waals surface area contributed by atoms with Gasteiger partial charge in [-0.05, 0) is 64.1 Å². The summed E-state index contributed by atoms with van der Waals surface area (Å²) in [6.45, 7) is 9.13. The third-order valence-electron chi connectivity index (χ3n) is 5.90. The summed E-state index contributed by atoms with van der Waals surface area (Å²) in [6.07, 6.45) is 1.42. The highest BCUT2D eigenvalue weighted by atomic mass is 19.1. The molecule has 1 saturated heterocycles. The number of benzene rings is 1. The van der Waals surface area contributed by atoms with Crippen molar-refractivity contribution < 1.29 is 18.7 Å². The summed E-state index contributed by atoms with van der Waals surface area (Å²) in [5.74, 6) is 0.170. The summed E-state index contributed by atoms with van der Waals surface area (Å²) in [7, 11) is 0. The number of fused-ring (bicyclic) bond motifs is 1.